The van der Waals surface area contributed by atoms with Gasteiger partial charge in [0.2, 0.25) is 0 Å². The highest BCUT2D eigenvalue weighted by molar-refractivity contribution is 6.02. The Hall–Kier alpha value is -3.53. The molecule has 130 valence electrons. The van der Waals surface area contributed by atoms with Crippen LogP contribution in [0.3, 0.4) is 0 Å². The topological polar surface area (TPSA) is 42.0 Å². The van der Waals surface area contributed by atoms with Crippen molar-refractivity contribution in [2.24, 2.45) is 0 Å². The number of halogens is 1. The van der Waals surface area contributed by atoms with Gasteiger partial charge in [-0.15, -0.1) is 0 Å². The van der Waals surface area contributed by atoms with Gasteiger partial charge in [0, 0.05) is 29.9 Å². The van der Waals surface area contributed by atoms with E-state index in [-0.39, 0.29) is 11.7 Å². The maximum Gasteiger partial charge on any atom is 0.251 e. The lowest BCUT2D eigenvalue weighted by molar-refractivity contribution is 0.0966. The molecule has 0 atom stereocenters. The smallest absolute Gasteiger partial charge is 0.251 e. The van der Waals surface area contributed by atoms with Crippen LogP contribution in [0.4, 0.5) is 4.39 Å². The first-order chi connectivity index (χ1) is 13.2. The third-order valence-electron chi connectivity index (χ3n) is 5.03. The Bertz CT molecular complexity index is 1200. The minimum Gasteiger partial charge on any atom is -0.348 e. The number of aromatic nitrogens is 1. The molecule has 1 aliphatic rings. The van der Waals surface area contributed by atoms with E-state index in [4.69, 9.17) is 0 Å². The number of fused-ring (bicyclic) bond motifs is 2. The number of benzene rings is 3. The second-order valence-electron chi connectivity index (χ2n) is 6.68. The molecule has 1 aromatic heterocycles. The van der Waals surface area contributed by atoms with E-state index in [1.165, 1.54) is 12.1 Å². The van der Waals surface area contributed by atoms with Gasteiger partial charge in [0.25, 0.3) is 5.91 Å². The number of carbonyl (C=O) groups is 1. The van der Waals surface area contributed by atoms with E-state index in [1.807, 2.05) is 24.4 Å². The summed E-state index contributed by atoms with van der Waals surface area (Å²) in [5.41, 5.74) is 5.53. The number of pyridine rings is 1. The highest BCUT2D eigenvalue weighted by Crippen LogP contribution is 2.37. The number of carbonyl (C=O) groups excluding carboxylic acids is 1. The molecule has 0 saturated heterocycles. The van der Waals surface area contributed by atoms with Crippen molar-refractivity contribution >= 4 is 16.7 Å². The Morgan fingerprint density at radius 2 is 1.59 bits per heavy atom. The van der Waals surface area contributed by atoms with Gasteiger partial charge >= 0.3 is 0 Å². The number of hydrogen-bond donors (Lipinski definition) is 1. The quantitative estimate of drug-likeness (QED) is 0.553. The Kier molecular flexibility index (Phi) is 3.50. The Morgan fingerprint density at radius 3 is 2.44 bits per heavy atom. The highest BCUT2D eigenvalue weighted by atomic mass is 19.1. The first kappa shape index (κ1) is 15.7. The van der Waals surface area contributed by atoms with Gasteiger partial charge in [0.05, 0.1) is 0 Å². The molecule has 0 radical (unpaired) electrons. The van der Waals surface area contributed by atoms with E-state index in [2.05, 4.69) is 28.5 Å². The van der Waals surface area contributed by atoms with Crippen LogP contribution in [-0.2, 0) is 6.54 Å². The molecule has 27 heavy (non-hydrogen) atoms. The van der Waals surface area contributed by atoms with E-state index < -0.39 is 0 Å². The molecular formula is C23H15FN2O. The van der Waals surface area contributed by atoms with Gasteiger partial charge in [-0.05, 0) is 69.6 Å². The first-order valence-corrected chi connectivity index (χ1v) is 8.74. The summed E-state index contributed by atoms with van der Waals surface area (Å²) in [6.07, 6.45) is 3.61. The molecule has 1 aliphatic heterocycles. The Morgan fingerprint density at radius 1 is 0.815 bits per heavy atom. The number of nitrogens with one attached hydrogen (secondary N) is 1. The fraction of sp³-hybridized carbons (Fsp3) is 0.0435. The largest absolute Gasteiger partial charge is 0.348 e. The van der Waals surface area contributed by atoms with Crippen LogP contribution >= 0.6 is 0 Å². The van der Waals surface area contributed by atoms with Crippen molar-refractivity contribution < 1.29 is 9.18 Å². The van der Waals surface area contributed by atoms with Crippen LogP contribution in [0.1, 0.15) is 15.9 Å². The normalized spacial score (nSPS) is 12.9. The van der Waals surface area contributed by atoms with Crippen LogP contribution in [0.15, 0.2) is 73.1 Å². The first-order valence-electron chi connectivity index (χ1n) is 8.74. The molecule has 3 nitrogen and oxygen atoms in total. The molecule has 1 amide bonds. The monoisotopic (exact) mass is 354 g/mol. The summed E-state index contributed by atoms with van der Waals surface area (Å²) in [5.74, 6) is -0.345. The Balaban J connectivity index is 1.76. The summed E-state index contributed by atoms with van der Waals surface area (Å²) in [4.78, 5) is 16.3. The molecule has 0 bridgehead atoms. The molecule has 4 heteroatoms. The van der Waals surface area contributed by atoms with Crippen LogP contribution in [0, 0.1) is 5.82 Å². The lowest BCUT2D eigenvalue weighted by Crippen LogP contribution is -2.12. The zero-order valence-electron chi connectivity index (χ0n) is 14.4. The van der Waals surface area contributed by atoms with Crippen molar-refractivity contribution in [2.75, 3.05) is 0 Å². The van der Waals surface area contributed by atoms with E-state index in [9.17, 15) is 9.18 Å². The van der Waals surface area contributed by atoms with Crippen LogP contribution < -0.4 is 5.32 Å². The van der Waals surface area contributed by atoms with E-state index in [0.29, 0.717) is 12.1 Å². The van der Waals surface area contributed by atoms with Crippen LogP contribution in [0.25, 0.3) is 33.0 Å². The van der Waals surface area contributed by atoms with Crippen molar-refractivity contribution in [3.8, 4) is 22.3 Å². The number of hydrogen-bond acceptors (Lipinski definition) is 2. The van der Waals surface area contributed by atoms with Gasteiger partial charge < -0.3 is 5.32 Å². The standard InChI is InChI=1S/C23H15FN2O/c24-19-5-3-14(4-6-19)21-11-22-18(13-26-23(22)27)10-20(21)16-1-2-17-12-25-8-7-15(17)9-16/h1-12H,13H2,(H,26,27). The predicted octanol–water partition coefficient (Wildman–Crippen LogP) is 4.95. The molecule has 5 rings (SSSR count). The zero-order chi connectivity index (χ0) is 18.4. The average molecular weight is 354 g/mol. The Labute approximate surface area is 155 Å². The minimum absolute atomic E-state index is 0.0653. The van der Waals surface area contributed by atoms with Crippen molar-refractivity contribution in [3.63, 3.8) is 0 Å². The summed E-state index contributed by atoms with van der Waals surface area (Å²) < 4.78 is 13.4. The molecule has 3 aromatic carbocycles. The van der Waals surface area contributed by atoms with Crippen LogP contribution in [0.5, 0.6) is 0 Å². The lowest BCUT2D eigenvalue weighted by atomic mass is 9.90. The highest BCUT2D eigenvalue weighted by Gasteiger charge is 2.22. The fourth-order valence-corrected chi connectivity index (χ4v) is 3.63. The number of amides is 1. The molecule has 4 aromatic rings. The van der Waals surface area contributed by atoms with E-state index >= 15 is 0 Å². The molecule has 0 fully saturated rings. The second kappa shape index (κ2) is 6.02. The predicted molar refractivity (Wildman–Crippen MR) is 104 cm³/mol. The van der Waals surface area contributed by atoms with Gasteiger partial charge in [0.15, 0.2) is 0 Å². The lowest BCUT2D eigenvalue weighted by Gasteiger charge is -2.13. The molecule has 2 heterocycles. The molecule has 1 N–H and O–H groups in total. The van der Waals surface area contributed by atoms with Gasteiger partial charge in [0.1, 0.15) is 5.82 Å². The van der Waals surface area contributed by atoms with Gasteiger partial charge in [-0.25, -0.2) is 4.39 Å². The summed E-state index contributed by atoms with van der Waals surface area (Å²) in [6, 6.07) is 18.6. The molecule has 0 spiro atoms. The summed E-state index contributed by atoms with van der Waals surface area (Å²) >= 11 is 0. The third-order valence-corrected chi connectivity index (χ3v) is 5.03. The number of nitrogens with zero attached hydrogens (tertiary/aromatic N) is 1. The number of rotatable bonds is 2. The van der Waals surface area contributed by atoms with Gasteiger partial charge in [-0.3, -0.25) is 9.78 Å². The molecule has 0 aliphatic carbocycles. The van der Waals surface area contributed by atoms with Crippen LogP contribution in [0.2, 0.25) is 0 Å². The maximum atomic E-state index is 13.4. The van der Waals surface area contributed by atoms with E-state index in [1.54, 1.807) is 18.3 Å². The minimum atomic E-state index is -0.280. The molecular weight excluding hydrogens is 339 g/mol. The summed E-state index contributed by atoms with van der Waals surface area (Å²) in [7, 11) is 0. The SMILES string of the molecule is O=C1NCc2cc(-c3ccc4cnccc4c3)c(-c3ccc(F)cc3)cc21. The van der Waals surface area contributed by atoms with Crippen molar-refractivity contribution in [2.45, 2.75) is 6.54 Å². The summed E-state index contributed by atoms with van der Waals surface area (Å²) in [6.45, 7) is 0.530. The average Bonchev–Trinajstić information content (AvgIpc) is 3.07. The molecule has 0 unspecified atom stereocenters. The van der Waals surface area contributed by atoms with Gasteiger partial charge in [-0.2, -0.15) is 0 Å². The van der Waals surface area contributed by atoms with Crippen molar-refractivity contribution in [3.05, 3.63) is 90.0 Å². The second-order valence-corrected chi connectivity index (χ2v) is 6.68. The van der Waals surface area contributed by atoms with Crippen molar-refractivity contribution in [1.29, 1.82) is 0 Å². The van der Waals surface area contributed by atoms with Gasteiger partial charge in [-0.1, -0.05) is 24.3 Å². The van der Waals surface area contributed by atoms with E-state index in [0.717, 1.165) is 38.6 Å². The van der Waals surface area contributed by atoms with Crippen LogP contribution in [-0.4, -0.2) is 10.9 Å². The maximum absolute atomic E-state index is 13.4. The third kappa shape index (κ3) is 2.66. The van der Waals surface area contributed by atoms with Crippen molar-refractivity contribution in [1.82, 2.24) is 10.3 Å². The molecule has 0 saturated carbocycles. The fourth-order valence-electron chi connectivity index (χ4n) is 3.63. The zero-order valence-corrected chi connectivity index (χ0v) is 14.4. The summed E-state index contributed by atoms with van der Waals surface area (Å²) in [5, 5.41) is 5.05.